The summed E-state index contributed by atoms with van der Waals surface area (Å²) in [5.41, 5.74) is 4.29. The van der Waals surface area contributed by atoms with Crippen LogP contribution < -0.4 is 15.5 Å². The highest BCUT2D eigenvalue weighted by atomic mass is 19.4. The van der Waals surface area contributed by atoms with Crippen molar-refractivity contribution in [3.63, 3.8) is 0 Å². The van der Waals surface area contributed by atoms with Gasteiger partial charge in [0.05, 0.1) is 11.8 Å². The van der Waals surface area contributed by atoms with Gasteiger partial charge >= 0.3 is 6.18 Å². The maximum Gasteiger partial charge on any atom is 0.416 e. The van der Waals surface area contributed by atoms with Crippen molar-refractivity contribution in [3.8, 4) is 5.75 Å². The average Bonchev–Trinajstić information content (AvgIpc) is 2.83. The van der Waals surface area contributed by atoms with E-state index in [0.29, 0.717) is 17.9 Å². The first kappa shape index (κ1) is 25.5. The van der Waals surface area contributed by atoms with Crippen molar-refractivity contribution in [3.05, 3.63) is 95.1 Å². The van der Waals surface area contributed by atoms with E-state index in [2.05, 4.69) is 15.8 Å². The lowest BCUT2D eigenvalue weighted by molar-refractivity contribution is -0.137. The van der Waals surface area contributed by atoms with E-state index in [1.54, 1.807) is 18.2 Å². The second kappa shape index (κ2) is 11.8. The molecule has 0 unspecified atom stereocenters. The molecule has 2 amide bonds. The Hall–Kier alpha value is -4.14. The molecule has 0 heterocycles. The van der Waals surface area contributed by atoms with E-state index in [1.165, 1.54) is 18.3 Å². The molecule has 2 N–H and O–H groups in total. The maximum absolute atomic E-state index is 12.8. The van der Waals surface area contributed by atoms with E-state index in [-0.39, 0.29) is 18.5 Å². The number of carbonyl (C=O) groups excluding carboxylic acids is 2. The van der Waals surface area contributed by atoms with Gasteiger partial charge in [0.25, 0.3) is 0 Å². The zero-order chi connectivity index (χ0) is 25.3. The molecule has 182 valence electrons. The Bertz CT molecular complexity index is 1190. The molecule has 9 heteroatoms. The molecule has 3 aromatic rings. The summed E-state index contributed by atoms with van der Waals surface area (Å²) in [6.45, 7) is 2.38. The van der Waals surface area contributed by atoms with Crippen molar-refractivity contribution in [1.29, 1.82) is 0 Å². The fourth-order valence-electron chi connectivity index (χ4n) is 3.02. The van der Waals surface area contributed by atoms with Gasteiger partial charge in [-0.25, -0.2) is 5.43 Å². The fourth-order valence-corrected chi connectivity index (χ4v) is 3.02. The van der Waals surface area contributed by atoms with Crippen molar-refractivity contribution in [2.45, 2.75) is 32.5 Å². The summed E-state index contributed by atoms with van der Waals surface area (Å²) < 4.78 is 44.2. The monoisotopic (exact) mass is 483 g/mol. The highest BCUT2D eigenvalue weighted by molar-refractivity contribution is 5.93. The summed E-state index contributed by atoms with van der Waals surface area (Å²) in [4.78, 5) is 24.0. The molecule has 0 saturated carbocycles. The number of amides is 2. The van der Waals surface area contributed by atoms with Gasteiger partial charge in [-0.1, -0.05) is 48.0 Å². The molecule has 0 aliphatic rings. The predicted molar refractivity (Wildman–Crippen MR) is 127 cm³/mol. The van der Waals surface area contributed by atoms with Crippen LogP contribution in [0.3, 0.4) is 0 Å². The van der Waals surface area contributed by atoms with Crippen molar-refractivity contribution < 1.29 is 27.5 Å². The standard InChI is InChI=1S/C26H24F3N3O3/c1-18-9-11-19(12-10-18)17-35-23-8-3-2-5-20(23)16-30-32-25(34)14-13-24(33)31-22-7-4-6-21(15-22)26(27,28)29/h2-12,15-16H,13-14,17H2,1H3,(H,31,33)(H,32,34). The molecule has 6 nitrogen and oxygen atoms in total. The summed E-state index contributed by atoms with van der Waals surface area (Å²) in [5.74, 6) is -0.511. The molecule has 0 aromatic heterocycles. The molecular formula is C26H24F3N3O3. The van der Waals surface area contributed by atoms with Crippen molar-refractivity contribution >= 4 is 23.7 Å². The SMILES string of the molecule is Cc1ccc(COc2ccccc2C=NNC(=O)CCC(=O)Nc2cccc(C(F)(F)F)c2)cc1. The molecule has 0 fully saturated rings. The maximum atomic E-state index is 12.8. The van der Waals surface area contributed by atoms with E-state index in [1.807, 2.05) is 37.3 Å². The van der Waals surface area contributed by atoms with Gasteiger partial charge in [-0.15, -0.1) is 0 Å². The topological polar surface area (TPSA) is 79.8 Å². The zero-order valence-electron chi connectivity index (χ0n) is 18.9. The van der Waals surface area contributed by atoms with E-state index in [4.69, 9.17) is 4.74 Å². The lowest BCUT2D eigenvalue weighted by atomic mass is 10.1. The number of ether oxygens (including phenoxy) is 1. The van der Waals surface area contributed by atoms with Crippen molar-refractivity contribution in [2.24, 2.45) is 5.10 Å². The van der Waals surface area contributed by atoms with Crippen molar-refractivity contribution in [2.75, 3.05) is 5.32 Å². The molecule has 0 aliphatic carbocycles. The number of alkyl halides is 3. The number of hydrogen-bond acceptors (Lipinski definition) is 4. The lowest BCUT2D eigenvalue weighted by Gasteiger charge is -2.10. The number of para-hydroxylation sites is 1. The second-order valence-corrected chi connectivity index (χ2v) is 7.73. The number of halogens is 3. The van der Waals surface area contributed by atoms with Gasteiger partial charge < -0.3 is 10.1 Å². The summed E-state index contributed by atoms with van der Waals surface area (Å²) in [6.07, 6.45) is -3.48. The van der Waals surface area contributed by atoms with Gasteiger partial charge in [-0.05, 0) is 42.8 Å². The number of carbonyl (C=O) groups is 2. The molecule has 0 aliphatic heterocycles. The highest BCUT2D eigenvalue weighted by Crippen LogP contribution is 2.30. The minimum absolute atomic E-state index is 0.00509. The van der Waals surface area contributed by atoms with Gasteiger partial charge in [0, 0.05) is 24.1 Å². The first-order valence-electron chi connectivity index (χ1n) is 10.8. The highest BCUT2D eigenvalue weighted by Gasteiger charge is 2.30. The third kappa shape index (κ3) is 8.29. The van der Waals surface area contributed by atoms with Gasteiger partial charge in [0.1, 0.15) is 12.4 Å². The van der Waals surface area contributed by atoms with Gasteiger partial charge in [0.15, 0.2) is 0 Å². The summed E-state index contributed by atoms with van der Waals surface area (Å²) >= 11 is 0. The van der Waals surface area contributed by atoms with Gasteiger partial charge in [0.2, 0.25) is 11.8 Å². The number of aryl methyl sites for hydroxylation is 1. The molecule has 0 spiro atoms. The molecular weight excluding hydrogens is 459 g/mol. The number of rotatable bonds is 9. The van der Waals surface area contributed by atoms with Crippen molar-refractivity contribution in [1.82, 2.24) is 5.43 Å². The molecule has 0 bridgehead atoms. The summed E-state index contributed by atoms with van der Waals surface area (Å²) in [5, 5.41) is 6.26. The Morgan fingerprint density at radius 3 is 2.40 bits per heavy atom. The molecule has 35 heavy (non-hydrogen) atoms. The number of benzene rings is 3. The number of nitrogens with one attached hydrogen (secondary N) is 2. The van der Waals surface area contributed by atoms with E-state index in [0.717, 1.165) is 23.3 Å². The number of anilines is 1. The van der Waals surface area contributed by atoms with Gasteiger partial charge in [-0.2, -0.15) is 18.3 Å². The number of hydrogen-bond donors (Lipinski definition) is 2. The van der Waals surface area contributed by atoms with Crippen LogP contribution in [0, 0.1) is 6.92 Å². The Balaban J connectivity index is 1.46. The average molecular weight is 483 g/mol. The first-order valence-corrected chi connectivity index (χ1v) is 10.8. The van der Waals surface area contributed by atoms with Crippen LogP contribution in [-0.4, -0.2) is 18.0 Å². The third-order valence-electron chi connectivity index (χ3n) is 4.88. The largest absolute Gasteiger partial charge is 0.488 e. The molecule has 0 saturated heterocycles. The van der Waals surface area contributed by atoms with Crippen LogP contribution in [0.5, 0.6) is 5.75 Å². The zero-order valence-corrected chi connectivity index (χ0v) is 18.9. The molecule has 0 radical (unpaired) electrons. The van der Waals surface area contributed by atoms with Crippen LogP contribution >= 0.6 is 0 Å². The Morgan fingerprint density at radius 2 is 1.66 bits per heavy atom. The normalized spacial score (nSPS) is 11.3. The van der Waals surface area contributed by atoms with Crippen LogP contribution in [0.4, 0.5) is 18.9 Å². The number of nitrogens with zero attached hydrogens (tertiary/aromatic N) is 1. The van der Waals surface area contributed by atoms with Crippen LogP contribution in [0.1, 0.15) is 35.1 Å². The van der Waals surface area contributed by atoms with Crippen LogP contribution in [0.2, 0.25) is 0 Å². The first-order chi connectivity index (χ1) is 16.7. The Kier molecular flexibility index (Phi) is 8.61. The number of hydrazone groups is 1. The second-order valence-electron chi connectivity index (χ2n) is 7.73. The molecule has 3 rings (SSSR count). The quantitative estimate of drug-likeness (QED) is 0.313. The Morgan fingerprint density at radius 1 is 0.943 bits per heavy atom. The van der Waals surface area contributed by atoms with E-state index in [9.17, 15) is 22.8 Å². The predicted octanol–water partition coefficient (Wildman–Crippen LogP) is 5.46. The van der Waals surface area contributed by atoms with Crippen LogP contribution in [0.25, 0.3) is 0 Å². The third-order valence-corrected chi connectivity index (χ3v) is 4.88. The lowest BCUT2D eigenvalue weighted by Crippen LogP contribution is -2.20. The van der Waals surface area contributed by atoms with E-state index >= 15 is 0 Å². The van der Waals surface area contributed by atoms with Crippen LogP contribution in [-0.2, 0) is 22.4 Å². The Labute approximate surface area is 200 Å². The minimum Gasteiger partial charge on any atom is -0.488 e. The summed E-state index contributed by atoms with van der Waals surface area (Å²) in [7, 11) is 0. The van der Waals surface area contributed by atoms with Gasteiger partial charge in [-0.3, -0.25) is 9.59 Å². The molecule has 3 aromatic carbocycles. The summed E-state index contributed by atoms with van der Waals surface area (Å²) in [6, 6.07) is 19.4. The minimum atomic E-state index is -4.51. The fraction of sp³-hybridized carbons (Fsp3) is 0.192. The van der Waals surface area contributed by atoms with Crippen LogP contribution in [0.15, 0.2) is 77.9 Å². The smallest absolute Gasteiger partial charge is 0.416 e. The van der Waals surface area contributed by atoms with E-state index < -0.39 is 23.6 Å². The molecule has 0 atom stereocenters.